The highest BCUT2D eigenvalue weighted by atomic mass is 35.5. The van der Waals surface area contributed by atoms with E-state index in [0.29, 0.717) is 22.7 Å². The molecule has 2 amide bonds. The lowest BCUT2D eigenvalue weighted by Crippen LogP contribution is -2.26. The fourth-order valence-electron chi connectivity index (χ4n) is 3.23. The van der Waals surface area contributed by atoms with E-state index in [2.05, 4.69) is 15.6 Å². The molecule has 1 aliphatic heterocycles. The third-order valence-corrected chi connectivity index (χ3v) is 4.83. The quantitative estimate of drug-likeness (QED) is 0.569. The second kappa shape index (κ2) is 6.48. The lowest BCUT2D eigenvalue weighted by Gasteiger charge is -2.06. The van der Waals surface area contributed by atoms with Crippen LogP contribution in [0.5, 0.6) is 0 Å². The number of benzene rings is 2. The molecule has 0 fully saturated rings. The van der Waals surface area contributed by atoms with Crippen molar-refractivity contribution < 1.29 is 14.7 Å². The highest BCUT2D eigenvalue weighted by Crippen LogP contribution is 2.34. The summed E-state index contributed by atoms with van der Waals surface area (Å²) < 4.78 is 0. The molecule has 0 aliphatic carbocycles. The Morgan fingerprint density at radius 2 is 2.08 bits per heavy atom. The van der Waals surface area contributed by atoms with Crippen LogP contribution in [-0.2, 0) is 6.54 Å². The van der Waals surface area contributed by atoms with Gasteiger partial charge in [-0.15, -0.1) is 0 Å². The van der Waals surface area contributed by atoms with Crippen LogP contribution in [0.2, 0.25) is 5.02 Å². The van der Waals surface area contributed by atoms with Crippen molar-refractivity contribution in [1.29, 1.82) is 0 Å². The van der Waals surface area contributed by atoms with Crippen LogP contribution in [-0.4, -0.2) is 35.1 Å². The molecule has 7 heteroatoms. The zero-order valence-corrected chi connectivity index (χ0v) is 14.5. The summed E-state index contributed by atoms with van der Waals surface area (Å²) in [7, 11) is 0. The number of H-pyrrole nitrogens is 1. The Kier molecular flexibility index (Phi) is 4.14. The number of hydrogen-bond acceptors (Lipinski definition) is 3. The average Bonchev–Trinajstić information content (AvgIpc) is 3.24. The van der Waals surface area contributed by atoms with Gasteiger partial charge in [0.25, 0.3) is 11.8 Å². The Labute approximate surface area is 154 Å². The Balaban J connectivity index is 1.77. The molecule has 26 heavy (non-hydrogen) atoms. The van der Waals surface area contributed by atoms with Crippen molar-refractivity contribution in [1.82, 2.24) is 15.6 Å². The van der Waals surface area contributed by atoms with E-state index in [1.54, 1.807) is 18.2 Å². The van der Waals surface area contributed by atoms with Crippen LogP contribution < -0.4 is 10.6 Å². The summed E-state index contributed by atoms with van der Waals surface area (Å²) in [5.74, 6) is -0.379. The predicted molar refractivity (Wildman–Crippen MR) is 99.3 cm³/mol. The van der Waals surface area contributed by atoms with Gasteiger partial charge in [-0.1, -0.05) is 17.7 Å². The SMILES string of the molecule is O=C(NCCO)c1ccc2[nH]c(-c3ccc(Cl)c4c3C(=O)NC4)cc2c1. The molecule has 0 bridgehead atoms. The number of rotatable bonds is 4. The number of carbonyl (C=O) groups excluding carboxylic acids is 2. The molecule has 0 unspecified atom stereocenters. The Hall–Kier alpha value is -2.83. The summed E-state index contributed by atoms with van der Waals surface area (Å²) in [6.45, 7) is 0.531. The zero-order chi connectivity index (χ0) is 18.3. The van der Waals surface area contributed by atoms with Crippen LogP contribution in [0.25, 0.3) is 22.2 Å². The zero-order valence-electron chi connectivity index (χ0n) is 13.7. The highest BCUT2D eigenvalue weighted by molar-refractivity contribution is 6.32. The maximum absolute atomic E-state index is 12.2. The van der Waals surface area contributed by atoms with Crippen molar-refractivity contribution in [3.8, 4) is 11.3 Å². The van der Waals surface area contributed by atoms with Crippen LogP contribution in [0.4, 0.5) is 0 Å². The van der Waals surface area contributed by atoms with Gasteiger partial charge >= 0.3 is 0 Å². The summed E-state index contributed by atoms with van der Waals surface area (Å²) in [4.78, 5) is 27.6. The number of fused-ring (bicyclic) bond motifs is 2. The number of aliphatic hydroxyl groups is 1. The lowest BCUT2D eigenvalue weighted by atomic mass is 10.0. The number of hydrogen-bond donors (Lipinski definition) is 4. The lowest BCUT2D eigenvalue weighted by molar-refractivity contribution is 0.0942. The average molecular weight is 370 g/mol. The predicted octanol–water partition coefficient (Wildman–Crippen LogP) is 2.45. The summed E-state index contributed by atoms with van der Waals surface area (Å²) >= 11 is 6.21. The van der Waals surface area contributed by atoms with Crippen molar-refractivity contribution >= 4 is 34.3 Å². The monoisotopic (exact) mass is 369 g/mol. The number of aromatic nitrogens is 1. The second-order valence-electron chi connectivity index (χ2n) is 6.10. The fourth-order valence-corrected chi connectivity index (χ4v) is 3.45. The van der Waals surface area contributed by atoms with E-state index in [0.717, 1.165) is 27.7 Å². The molecule has 0 atom stereocenters. The normalized spacial score (nSPS) is 12.9. The molecule has 4 rings (SSSR count). The van der Waals surface area contributed by atoms with E-state index in [-0.39, 0.29) is 25.0 Å². The number of aliphatic hydroxyl groups excluding tert-OH is 1. The maximum Gasteiger partial charge on any atom is 0.252 e. The van der Waals surface area contributed by atoms with E-state index in [4.69, 9.17) is 16.7 Å². The van der Waals surface area contributed by atoms with Crippen LogP contribution in [0.1, 0.15) is 26.3 Å². The first-order valence-electron chi connectivity index (χ1n) is 8.20. The van der Waals surface area contributed by atoms with E-state index < -0.39 is 0 Å². The molecule has 2 aromatic carbocycles. The second-order valence-corrected chi connectivity index (χ2v) is 6.50. The van der Waals surface area contributed by atoms with Crippen LogP contribution in [0, 0.1) is 0 Å². The van der Waals surface area contributed by atoms with Gasteiger partial charge in [-0.05, 0) is 30.3 Å². The van der Waals surface area contributed by atoms with Gasteiger partial charge < -0.3 is 20.7 Å². The third-order valence-electron chi connectivity index (χ3n) is 4.48. The number of carbonyl (C=O) groups is 2. The largest absolute Gasteiger partial charge is 0.395 e. The van der Waals surface area contributed by atoms with E-state index in [1.807, 2.05) is 18.2 Å². The van der Waals surface area contributed by atoms with Crippen molar-refractivity contribution in [2.75, 3.05) is 13.2 Å². The van der Waals surface area contributed by atoms with E-state index >= 15 is 0 Å². The molecule has 0 saturated heterocycles. The molecule has 2 heterocycles. The smallest absolute Gasteiger partial charge is 0.252 e. The van der Waals surface area contributed by atoms with Crippen LogP contribution in [0.15, 0.2) is 36.4 Å². The van der Waals surface area contributed by atoms with Crippen molar-refractivity contribution in [3.63, 3.8) is 0 Å². The minimum absolute atomic E-state index is 0.105. The van der Waals surface area contributed by atoms with E-state index in [9.17, 15) is 9.59 Å². The van der Waals surface area contributed by atoms with Crippen molar-refractivity contribution in [3.05, 3.63) is 58.1 Å². The van der Waals surface area contributed by atoms with E-state index in [1.165, 1.54) is 0 Å². The summed E-state index contributed by atoms with van der Waals surface area (Å²) in [5, 5.41) is 15.7. The molecule has 1 aliphatic rings. The number of halogens is 1. The molecule has 6 nitrogen and oxygen atoms in total. The molecular weight excluding hydrogens is 354 g/mol. The topological polar surface area (TPSA) is 94.2 Å². The van der Waals surface area contributed by atoms with Crippen LogP contribution in [0.3, 0.4) is 0 Å². The first kappa shape index (κ1) is 16.6. The number of aromatic amines is 1. The molecular formula is C19H16ClN3O3. The van der Waals surface area contributed by atoms with Crippen molar-refractivity contribution in [2.24, 2.45) is 0 Å². The first-order valence-corrected chi connectivity index (χ1v) is 8.58. The Bertz CT molecular complexity index is 1040. The maximum atomic E-state index is 12.2. The summed E-state index contributed by atoms with van der Waals surface area (Å²) in [6, 6.07) is 10.8. The Morgan fingerprint density at radius 1 is 1.23 bits per heavy atom. The highest BCUT2D eigenvalue weighted by Gasteiger charge is 2.26. The molecule has 1 aromatic heterocycles. The minimum atomic E-state index is -0.240. The van der Waals surface area contributed by atoms with Gasteiger partial charge in [-0.3, -0.25) is 9.59 Å². The number of amides is 2. The van der Waals surface area contributed by atoms with Crippen molar-refractivity contribution in [2.45, 2.75) is 6.54 Å². The molecule has 0 radical (unpaired) electrons. The third kappa shape index (κ3) is 2.73. The molecule has 4 N–H and O–H groups in total. The molecule has 3 aromatic rings. The minimum Gasteiger partial charge on any atom is -0.395 e. The van der Waals surface area contributed by atoms with Gasteiger partial charge in [0.15, 0.2) is 0 Å². The molecule has 0 spiro atoms. The number of nitrogens with one attached hydrogen (secondary N) is 3. The molecule has 0 saturated carbocycles. The van der Waals surface area contributed by atoms with Gasteiger partial charge in [-0.25, -0.2) is 0 Å². The summed E-state index contributed by atoms with van der Waals surface area (Å²) in [6.07, 6.45) is 0. The van der Waals surface area contributed by atoms with Gasteiger partial charge in [0.05, 0.1) is 12.2 Å². The Morgan fingerprint density at radius 3 is 2.88 bits per heavy atom. The fraction of sp³-hybridized carbons (Fsp3) is 0.158. The van der Waals surface area contributed by atoms with Crippen LogP contribution >= 0.6 is 11.6 Å². The van der Waals surface area contributed by atoms with Gasteiger partial charge in [-0.2, -0.15) is 0 Å². The summed E-state index contributed by atoms with van der Waals surface area (Å²) in [5.41, 5.74) is 4.33. The molecule has 132 valence electrons. The van der Waals surface area contributed by atoms with Gasteiger partial charge in [0.2, 0.25) is 0 Å². The van der Waals surface area contributed by atoms with Gasteiger partial charge in [0, 0.05) is 51.4 Å². The van der Waals surface area contributed by atoms with Gasteiger partial charge in [0.1, 0.15) is 0 Å². The first-order chi connectivity index (χ1) is 12.6. The standard InChI is InChI=1S/C19H16ClN3O3/c20-14-3-2-12(17-13(14)9-22-19(17)26)16-8-11-7-10(1-4-15(11)23-16)18(25)21-5-6-24/h1-4,7-8,23-24H,5-6,9H2,(H,21,25)(H,22,26).